The third-order valence-corrected chi connectivity index (χ3v) is 4.45. The predicted molar refractivity (Wildman–Crippen MR) is 80.9 cm³/mol. The van der Waals surface area contributed by atoms with Gasteiger partial charge in [0.15, 0.2) is 0 Å². The number of rotatable bonds is 10. The molecule has 0 fully saturated rings. The van der Waals surface area contributed by atoms with Gasteiger partial charge in [0.25, 0.3) is 0 Å². The molecule has 0 saturated heterocycles. The number of ether oxygens (including phenoxy) is 2. The first-order valence-corrected chi connectivity index (χ1v) is 8.45. The summed E-state index contributed by atoms with van der Waals surface area (Å²) in [6.07, 6.45) is 0.311. The highest BCUT2D eigenvalue weighted by Gasteiger charge is 2.33. The Kier molecular flexibility index (Phi) is 9.18. The molecule has 21 heavy (non-hydrogen) atoms. The van der Waals surface area contributed by atoms with Gasteiger partial charge in [-0.05, 0) is 25.9 Å². The Balaban J connectivity index is 4.02. The molecular formula is C14H25O6P. The van der Waals surface area contributed by atoms with Crippen LogP contribution < -0.4 is 0 Å². The molecule has 0 aromatic carbocycles. The molecule has 0 aliphatic rings. The van der Waals surface area contributed by atoms with Crippen LogP contribution in [0.1, 0.15) is 40.0 Å². The molecule has 0 heterocycles. The molecule has 1 N–H and O–H groups in total. The van der Waals surface area contributed by atoms with Gasteiger partial charge in [-0.1, -0.05) is 13.8 Å². The Bertz CT molecular complexity index is 368. The van der Waals surface area contributed by atoms with Crippen molar-refractivity contribution >= 4 is 26.5 Å². The Morgan fingerprint density at radius 1 is 1.14 bits per heavy atom. The van der Waals surface area contributed by atoms with Gasteiger partial charge >= 0.3 is 17.9 Å². The molecule has 2 atom stereocenters. The largest absolute Gasteiger partial charge is 0.481 e. The smallest absolute Gasteiger partial charge is 0.315 e. The fraction of sp³-hybridized carbons (Fsp3) is 0.786. The predicted octanol–water partition coefficient (Wildman–Crippen LogP) is 2.05. The van der Waals surface area contributed by atoms with Gasteiger partial charge in [-0.25, -0.2) is 0 Å². The van der Waals surface area contributed by atoms with E-state index >= 15 is 0 Å². The van der Waals surface area contributed by atoms with Crippen molar-refractivity contribution in [3.8, 4) is 0 Å². The first kappa shape index (κ1) is 19.8. The van der Waals surface area contributed by atoms with Crippen molar-refractivity contribution in [2.75, 3.05) is 19.9 Å². The number of carbonyl (C=O) groups is 3. The molecular weight excluding hydrogens is 295 g/mol. The summed E-state index contributed by atoms with van der Waals surface area (Å²) in [6, 6.07) is 0. The second kappa shape index (κ2) is 9.72. The summed E-state index contributed by atoms with van der Waals surface area (Å²) in [5.74, 6) is -1.54. The molecule has 0 amide bonds. The number of aliphatic carboxylic acids is 1. The maximum absolute atomic E-state index is 12.1. The van der Waals surface area contributed by atoms with Gasteiger partial charge in [0.1, 0.15) is 13.2 Å². The van der Waals surface area contributed by atoms with Crippen molar-refractivity contribution in [1.82, 2.24) is 0 Å². The number of carboxylic acid groups (broad SMARTS) is 1. The van der Waals surface area contributed by atoms with Gasteiger partial charge in [0, 0.05) is 0 Å². The van der Waals surface area contributed by atoms with Crippen molar-refractivity contribution in [3.63, 3.8) is 0 Å². The second-order valence-corrected chi connectivity index (χ2v) is 7.03. The van der Waals surface area contributed by atoms with Gasteiger partial charge < -0.3 is 14.6 Å². The summed E-state index contributed by atoms with van der Waals surface area (Å²) in [6.45, 7) is 7.90. The fourth-order valence-corrected chi connectivity index (χ4v) is 2.72. The Morgan fingerprint density at radius 3 is 2.19 bits per heavy atom. The molecule has 0 rings (SSSR count). The monoisotopic (exact) mass is 320 g/mol. The van der Waals surface area contributed by atoms with Crippen LogP contribution in [0.2, 0.25) is 0 Å². The normalized spacial score (nSPS) is 14.1. The lowest BCUT2D eigenvalue weighted by Crippen LogP contribution is -2.34. The van der Waals surface area contributed by atoms with Crippen molar-refractivity contribution in [2.45, 2.75) is 45.2 Å². The van der Waals surface area contributed by atoms with Gasteiger partial charge in [-0.2, -0.15) is 0 Å². The molecule has 0 aromatic heterocycles. The Morgan fingerprint density at radius 2 is 1.71 bits per heavy atom. The summed E-state index contributed by atoms with van der Waals surface area (Å²) in [7, 11) is 0.432. The fourth-order valence-electron chi connectivity index (χ4n) is 1.83. The van der Waals surface area contributed by atoms with Gasteiger partial charge in [0.05, 0.1) is 18.0 Å². The molecule has 6 nitrogen and oxygen atoms in total. The van der Waals surface area contributed by atoms with E-state index in [4.69, 9.17) is 14.6 Å². The van der Waals surface area contributed by atoms with Crippen LogP contribution in [0.25, 0.3) is 0 Å². The first-order valence-electron chi connectivity index (χ1n) is 6.95. The average Bonchev–Trinajstić information content (AvgIpc) is 2.40. The number of carbonyl (C=O) groups excluding carboxylic acids is 2. The highest BCUT2D eigenvalue weighted by molar-refractivity contribution is 7.40. The van der Waals surface area contributed by atoms with Crippen LogP contribution in [0, 0.1) is 5.92 Å². The van der Waals surface area contributed by atoms with Crippen LogP contribution in [-0.2, 0) is 23.9 Å². The van der Waals surface area contributed by atoms with E-state index in [0.717, 1.165) is 6.42 Å². The molecule has 122 valence electrons. The standard InChI is InChI=1S/C14H25O6P/c1-10(2)9-14(3,21-4)13(18)20-8-7-19-12(17)6-5-11(15)16/h10,21H,5-9H2,1-4H3,(H,15,16). The zero-order valence-electron chi connectivity index (χ0n) is 13.1. The molecule has 0 bridgehead atoms. The zero-order chi connectivity index (χ0) is 16.5. The molecule has 0 aliphatic heterocycles. The van der Waals surface area contributed by atoms with E-state index in [1.807, 2.05) is 13.6 Å². The van der Waals surface area contributed by atoms with Crippen LogP contribution in [0.5, 0.6) is 0 Å². The highest BCUT2D eigenvalue weighted by Crippen LogP contribution is 2.35. The summed E-state index contributed by atoms with van der Waals surface area (Å²) in [4.78, 5) is 33.5. The van der Waals surface area contributed by atoms with Crippen LogP contribution in [0.4, 0.5) is 0 Å². The van der Waals surface area contributed by atoms with Gasteiger partial charge in [-0.3, -0.25) is 14.4 Å². The molecule has 0 aromatic rings. The zero-order valence-corrected chi connectivity index (χ0v) is 14.1. The minimum Gasteiger partial charge on any atom is -0.481 e. The lowest BCUT2D eigenvalue weighted by molar-refractivity contribution is -0.154. The van der Waals surface area contributed by atoms with Crippen molar-refractivity contribution in [2.24, 2.45) is 5.92 Å². The topological polar surface area (TPSA) is 89.9 Å². The molecule has 2 unspecified atom stereocenters. The maximum Gasteiger partial charge on any atom is 0.315 e. The first-order chi connectivity index (χ1) is 9.71. The van der Waals surface area contributed by atoms with Gasteiger partial charge in [-0.15, -0.1) is 8.58 Å². The molecule has 0 saturated carbocycles. The van der Waals surface area contributed by atoms with E-state index in [1.54, 1.807) is 0 Å². The minimum atomic E-state index is -1.05. The van der Waals surface area contributed by atoms with Crippen molar-refractivity contribution < 1.29 is 29.0 Å². The molecule has 0 aliphatic carbocycles. The lowest BCUT2D eigenvalue weighted by Gasteiger charge is -2.27. The SMILES string of the molecule is CPC(C)(CC(C)C)C(=O)OCCOC(=O)CCC(=O)O. The molecule has 0 spiro atoms. The quantitative estimate of drug-likeness (QED) is 0.376. The van der Waals surface area contributed by atoms with E-state index < -0.39 is 17.1 Å². The van der Waals surface area contributed by atoms with Gasteiger partial charge in [0.2, 0.25) is 0 Å². The Labute approximate surface area is 127 Å². The summed E-state index contributed by atoms with van der Waals surface area (Å²) < 4.78 is 9.94. The summed E-state index contributed by atoms with van der Waals surface area (Å²) in [5.41, 5.74) is 0. The van der Waals surface area contributed by atoms with E-state index in [0.29, 0.717) is 14.5 Å². The maximum atomic E-state index is 12.1. The number of hydrogen-bond acceptors (Lipinski definition) is 5. The minimum absolute atomic E-state index is 0.00416. The third-order valence-electron chi connectivity index (χ3n) is 2.94. The highest BCUT2D eigenvalue weighted by atomic mass is 31.1. The van der Waals surface area contributed by atoms with Crippen LogP contribution in [0.15, 0.2) is 0 Å². The third kappa shape index (κ3) is 8.66. The van der Waals surface area contributed by atoms with Crippen molar-refractivity contribution in [3.05, 3.63) is 0 Å². The average molecular weight is 320 g/mol. The lowest BCUT2D eigenvalue weighted by atomic mass is 9.98. The Hall–Kier alpha value is -1.16. The van der Waals surface area contributed by atoms with Crippen LogP contribution in [-0.4, -0.2) is 48.0 Å². The van der Waals surface area contributed by atoms with E-state index in [2.05, 4.69) is 13.8 Å². The number of esters is 2. The number of carboxylic acids is 1. The number of hydrogen-bond donors (Lipinski definition) is 1. The van der Waals surface area contributed by atoms with E-state index in [-0.39, 0.29) is 32.0 Å². The van der Waals surface area contributed by atoms with E-state index in [1.165, 1.54) is 0 Å². The summed E-state index contributed by atoms with van der Waals surface area (Å²) in [5, 5.41) is 7.92. The molecule has 0 radical (unpaired) electrons. The second-order valence-electron chi connectivity index (χ2n) is 5.43. The van der Waals surface area contributed by atoms with E-state index in [9.17, 15) is 14.4 Å². The summed E-state index contributed by atoms with van der Waals surface area (Å²) >= 11 is 0. The van der Waals surface area contributed by atoms with Crippen LogP contribution >= 0.6 is 8.58 Å². The van der Waals surface area contributed by atoms with Crippen molar-refractivity contribution in [1.29, 1.82) is 0 Å². The molecule has 7 heteroatoms. The van der Waals surface area contributed by atoms with Crippen LogP contribution in [0.3, 0.4) is 0 Å².